The average Bonchev–Trinajstić information content (AvgIpc) is 2.91. The van der Waals surface area contributed by atoms with Crippen molar-refractivity contribution in [2.75, 3.05) is 14.2 Å². The van der Waals surface area contributed by atoms with E-state index < -0.39 is 0 Å². The zero-order chi connectivity index (χ0) is 13.7. The van der Waals surface area contributed by atoms with Crippen LogP contribution in [0.15, 0.2) is 41.2 Å². The van der Waals surface area contributed by atoms with E-state index in [9.17, 15) is 0 Å². The van der Waals surface area contributed by atoms with Crippen LogP contribution in [0.25, 0.3) is 0 Å². The first-order valence-electron chi connectivity index (χ1n) is 5.99. The summed E-state index contributed by atoms with van der Waals surface area (Å²) in [6, 6.07) is 9.55. The Morgan fingerprint density at radius 2 is 2.16 bits per heavy atom. The molecule has 0 saturated carbocycles. The summed E-state index contributed by atoms with van der Waals surface area (Å²) in [5.74, 6) is 0.804. The van der Waals surface area contributed by atoms with E-state index in [0.717, 1.165) is 23.4 Å². The van der Waals surface area contributed by atoms with Crippen LogP contribution in [0.4, 0.5) is 0 Å². The van der Waals surface area contributed by atoms with Crippen molar-refractivity contribution in [2.24, 2.45) is 0 Å². The lowest BCUT2D eigenvalue weighted by Crippen LogP contribution is -2.17. The van der Waals surface area contributed by atoms with Gasteiger partial charge in [0, 0.05) is 24.2 Å². The van der Waals surface area contributed by atoms with Gasteiger partial charge in [0.1, 0.15) is 5.75 Å². The van der Waals surface area contributed by atoms with E-state index in [4.69, 9.17) is 14.4 Å². The van der Waals surface area contributed by atoms with Crippen LogP contribution in [0.2, 0.25) is 0 Å². The Morgan fingerprint density at radius 3 is 2.79 bits per heavy atom. The molecule has 4 heteroatoms. The Hall–Kier alpha value is -2.25. The van der Waals surface area contributed by atoms with Crippen LogP contribution in [-0.4, -0.2) is 19.1 Å². The van der Waals surface area contributed by atoms with Gasteiger partial charge in [-0.1, -0.05) is 0 Å². The Morgan fingerprint density at radius 1 is 1.32 bits per heavy atom. The molecular weight excluding hydrogens is 240 g/mol. The number of hydrogen-bond donors (Lipinski definition) is 0. The molecule has 0 amide bonds. The summed E-state index contributed by atoms with van der Waals surface area (Å²) in [6.07, 6.45) is 3.40. The number of rotatable bonds is 5. The Kier molecular flexibility index (Phi) is 4.22. The maximum absolute atomic E-state index is 8.95. The third-order valence-corrected chi connectivity index (χ3v) is 2.88. The normalized spacial score (nSPS) is 10.4. The highest BCUT2D eigenvalue weighted by Gasteiger charge is 2.08. The van der Waals surface area contributed by atoms with Gasteiger partial charge in [-0.25, -0.2) is 0 Å². The first-order valence-corrected chi connectivity index (χ1v) is 5.99. The van der Waals surface area contributed by atoms with Crippen LogP contribution in [0.1, 0.15) is 16.7 Å². The summed E-state index contributed by atoms with van der Waals surface area (Å²) in [4.78, 5) is 2.14. The van der Waals surface area contributed by atoms with E-state index in [1.165, 1.54) is 0 Å². The summed E-state index contributed by atoms with van der Waals surface area (Å²) < 4.78 is 10.4. The van der Waals surface area contributed by atoms with Gasteiger partial charge >= 0.3 is 0 Å². The van der Waals surface area contributed by atoms with Gasteiger partial charge in [-0.3, -0.25) is 4.90 Å². The molecule has 0 spiro atoms. The molecule has 0 saturated heterocycles. The molecule has 0 bridgehead atoms. The molecule has 1 aromatic carbocycles. The van der Waals surface area contributed by atoms with Crippen LogP contribution in [0.5, 0.6) is 5.75 Å². The minimum Gasteiger partial charge on any atom is -0.496 e. The van der Waals surface area contributed by atoms with Crippen LogP contribution >= 0.6 is 0 Å². The molecule has 1 aromatic heterocycles. The molecule has 2 rings (SSSR count). The topological polar surface area (TPSA) is 49.4 Å². The van der Waals surface area contributed by atoms with Crippen LogP contribution in [0.3, 0.4) is 0 Å². The van der Waals surface area contributed by atoms with E-state index >= 15 is 0 Å². The lowest BCUT2D eigenvalue weighted by atomic mass is 10.1. The van der Waals surface area contributed by atoms with Crippen LogP contribution in [0, 0.1) is 11.3 Å². The van der Waals surface area contributed by atoms with Crippen molar-refractivity contribution < 1.29 is 9.15 Å². The predicted octanol–water partition coefficient (Wildman–Crippen LogP) is 2.79. The number of methoxy groups -OCH3 is 1. The van der Waals surface area contributed by atoms with E-state index in [1.807, 2.05) is 25.2 Å². The fraction of sp³-hybridized carbons (Fsp3) is 0.267. The molecule has 0 aliphatic heterocycles. The van der Waals surface area contributed by atoms with Gasteiger partial charge in [-0.05, 0) is 31.3 Å². The van der Waals surface area contributed by atoms with Crippen molar-refractivity contribution in [3.63, 3.8) is 0 Å². The lowest BCUT2D eigenvalue weighted by Gasteiger charge is -2.17. The standard InChI is InChI=1S/C15H16N2O2/c1-17(9-13-5-6-19-11-13)10-14-7-12(8-16)3-4-15(14)18-2/h3-7,11H,9-10H2,1-2H3. The minimum atomic E-state index is 0.646. The monoisotopic (exact) mass is 256 g/mol. The smallest absolute Gasteiger partial charge is 0.123 e. The second-order valence-electron chi connectivity index (χ2n) is 4.44. The van der Waals surface area contributed by atoms with Crippen molar-refractivity contribution in [2.45, 2.75) is 13.1 Å². The molecular formula is C15H16N2O2. The number of furan rings is 1. The summed E-state index contributed by atoms with van der Waals surface area (Å²) in [7, 11) is 3.66. The molecule has 0 unspecified atom stereocenters. The third-order valence-electron chi connectivity index (χ3n) is 2.88. The molecule has 0 atom stereocenters. The highest BCUT2D eigenvalue weighted by molar-refractivity contribution is 5.42. The molecule has 98 valence electrons. The molecule has 2 aromatic rings. The minimum absolute atomic E-state index is 0.646. The number of ether oxygens (including phenoxy) is 1. The summed E-state index contributed by atoms with van der Waals surface area (Å²) in [6.45, 7) is 1.50. The van der Waals surface area contributed by atoms with Gasteiger partial charge < -0.3 is 9.15 Å². The van der Waals surface area contributed by atoms with Crippen molar-refractivity contribution in [1.29, 1.82) is 5.26 Å². The summed E-state index contributed by atoms with van der Waals surface area (Å²) in [5, 5.41) is 8.95. The zero-order valence-electron chi connectivity index (χ0n) is 11.1. The lowest BCUT2D eigenvalue weighted by molar-refractivity contribution is 0.309. The van der Waals surface area contributed by atoms with Gasteiger partial charge in [0.05, 0.1) is 31.3 Å². The van der Waals surface area contributed by atoms with Crippen molar-refractivity contribution >= 4 is 0 Å². The predicted molar refractivity (Wildman–Crippen MR) is 71.6 cm³/mol. The highest BCUT2D eigenvalue weighted by atomic mass is 16.5. The van der Waals surface area contributed by atoms with E-state index in [0.29, 0.717) is 12.1 Å². The molecule has 1 heterocycles. The van der Waals surface area contributed by atoms with E-state index in [1.54, 1.807) is 25.7 Å². The van der Waals surface area contributed by atoms with Crippen LogP contribution in [-0.2, 0) is 13.1 Å². The first-order chi connectivity index (χ1) is 9.22. The van der Waals surface area contributed by atoms with Crippen LogP contribution < -0.4 is 4.74 Å². The number of nitriles is 1. The summed E-state index contributed by atoms with van der Waals surface area (Å²) >= 11 is 0. The Balaban J connectivity index is 2.11. The van der Waals surface area contributed by atoms with Gasteiger partial charge in [0.2, 0.25) is 0 Å². The SMILES string of the molecule is COc1ccc(C#N)cc1CN(C)Cc1ccoc1. The van der Waals surface area contributed by atoms with Gasteiger partial charge in [0.15, 0.2) is 0 Å². The number of benzene rings is 1. The molecule has 0 radical (unpaired) electrons. The summed E-state index contributed by atoms with van der Waals surface area (Å²) in [5.41, 5.74) is 2.78. The third kappa shape index (κ3) is 3.36. The molecule has 19 heavy (non-hydrogen) atoms. The fourth-order valence-corrected chi connectivity index (χ4v) is 2.01. The highest BCUT2D eigenvalue weighted by Crippen LogP contribution is 2.21. The zero-order valence-corrected chi connectivity index (χ0v) is 11.1. The molecule has 0 fully saturated rings. The van der Waals surface area contributed by atoms with E-state index in [-0.39, 0.29) is 0 Å². The Bertz CT molecular complexity index is 570. The second kappa shape index (κ2) is 6.07. The number of hydrogen-bond acceptors (Lipinski definition) is 4. The fourth-order valence-electron chi connectivity index (χ4n) is 2.01. The molecule has 4 nitrogen and oxygen atoms in total. The Labute approximate surface area is 112 Å². The largest absolute Gasteiger partial charge is 0.496 e. The second-order valence-corrected chi connectivity index (χ2v) is 4.44. The van der Waals surface area contributed by atoms with Gasteiger partial charge in [-0.15, -0.1) is 0 Å². The van der Waals surface area contributed by atoms with Crippen molar-refractivity contribution in [3.05, 3.63) is 53.5 Å². The molecule has 0 aliphatic rings. The first kappa shape index (κ1) is 13.2. The van der Waals surface area contributed by atoms with Crippen molar-refractivity contribution in [1.82, 2.24) is 4.90 Å². The molecule has 0 N–H and O–H groups in total. The van der Waals surface area contributed by atoms with Crippen molar-refractivity contribution in [3.8, 4) is 11.8 Å². The quantitative estimate of drug-likeness (QED) is 0.825. The van der Waals surface area contributed by atoms with Gasteiger partial charge in [0.25, 0.3) is 0 Å². The average molecular weight is 256 g/mol. The van der Waals surface area contributed by atoms with E-state index in [2.05, 4.69) is 11.0 Å². The maximum Gasteiger partial charge on any atom is 0.123 e. The number of nitrogens with zero attached hydrogens (tertiary/aromatic N) is 2. The molecule has 0 aliphatic carbocycles. The maximum atomic E-state index is 8.95. The van der Waals surface area contributed by atoms with Gasteiger partial charge in [-0.2, -0.15) is 5.26 Å².